The fraction of sp³-hybridized carbons (Fsp3) is 0.700. The SMILES string of the molecule is C[C@H]1C(O)C[C@@H]2C(C(=O)OCCc3ccc(O)cc3)=CO[C@@H](OC[C@@H](O)[C@H](O[C@@H]3O[C@H](CO)[C@@H](O)[C@H](O)[C@H]3O)[C@H](O)[C@H](O)CO)[C@@H]21. The summed E-state index contributed by atoms with van der Waals surface area (Å²) < 4.78 is 27.8. The van der Waals surface area contributed by atoms with Gasteiger partial charge in [0.25, 0.3) is 0 Å². The number of hydrogen-bond donors (Lipinski definition) is 10. The zero-order valence-electron chi connectivity index (χ0n) is 25.1. The molecule has 1 saturated carbocycles. The summed E-state index contributed by atoms with van der Waals surface area (Å²) in [4.78, 5) is 13.0. The number of aromatic hydroxyl groups is 1. The number of hydrogen-bond acceptors (Lipinski definition) is 16. The number of aliphatic hydroxyl groups excluding tert-OH is 9. The van der Waals surface area contributed by atoms with Crippen LogP contribution in [0.15, 0.2) is 36.1 Å². The zero-order valence-corrected chi connectivity index (χ0v) is 25.1. The maximum Gasteiger partial charge on any atom is 0.337 e. The van der Waals surface area contributed by atoms with Crippen molar-refractivity contribution in [1.82, 2.24) is 0 Å². The average molecular weight is 661 g/mol. The first-order chi connectivity index (χ1) is 21.9. The molecule has 1 aliphatic carbocycles. The number of rotatable bonds is 14. The van der Waals surface area contributed by atoms with Crippen LogP contribution >= 0.6 is 0 Å². The molecule has 2 heterocycles. The van der Waals surface area contributed by atoms with Crippen molar-refractivity contribution in [2.45, 2.75) is 87.3 Å². The Morgan fingerprint density at radius 3 is 2.33 bits per heavy atom. The number of ether oxygens (including phenoxy) is 5. The molecule has 1 saturated heterocycles. The lowest BCUT2D eigenvalue weighted by Gasteiger charge is -2.42. The molecule has 1 unspecified atom stereocenters. The van der Waals surface area contributed by atoms with Crippen LogP contribution in [0.3, 0.4) is 0 Å². The van der Waals surface area contributed by atoms with E-state index in [-0.39, 0.29) is 24.4 Å². The summed E-state index contributed by atoms with van der Waals surface area (Å²) in [5.41, 5.74) is 1.05. The number of esters is 1. The van der Waals surface area contributed by atoms with Crippen LogP contribution in [0, 0.1) is 17.8 Å². The normalized spacial score (nSPS) is 35.3. The minimum absolute atomic E-state index is 0.0560. The summed E-state index contributed by atoms with van der Waals surface area (Å²) in [7, 11) is 0. The fourth-order valence-corrected chi connectivity index (χ4v) is 6.05. The van der Waals surface area contributed by atoms with Gasteiger partial charge in [-0.25, -0.2) is 4.79 Å². The van der Waals surface area contributed by atoms with Crippen molar-refractivity contribution in [3.05, 3.63) is 41.7 Å². The molecule has 0 amide bonds. The average Bonchev–Trinajstić information content (AvgIpc) is 3.35. The number of phenols is 1. The van der Waals surface area contributed by atoms with E-state index >= 15 is 0 Å². The second kappa shape index (κ2) is 16.1. The van der Waals surface area contributed by atoms with Crippen LogP contribution in [-0.2, 0) is 34.9 Å². The Hall–Kier alpha value is -2.45. The van der Waals surface area contributed by atoms with Crippen LogP contribution in [0.2, 0.25) is 0 Å². The molecular weight excluding hydrogens is 616 g/mol. The van der Waals surface area contributed by atoms with Crippen LogP contribution in [-0.4, -0.2) is 151 Å². The second-order valence-corrected chi connectivity index (χ2v) is 11.9. The quantitative estimate of drug-likeness (QED) is 0.0873. The molecule has 0 aromatic heterocycles. The molecule has 4 rings (SSSR count). The van der Waals surface area contributed by atoms with Crippen molar-refractivity contribution in [2.75, 3.05) is 26.4 Å². The highest BCUT2D eigenvalue weighted by molar-refractivity contribution is 5.89. The maximum absolute atomic E-state index is 13.0. The van der Waals surface area contributed by atoms with E-state index in [4.69, 9.17) is 23.7 Å². The van der Waals surface area contributed by atoms with Crippen LogP contribution in [0.4, 0.5) is 0 Å². The van der Waals surface area contributed by atoms with Crippen molar-refractivity contribution in [1.29, 1.82) is 0 Å². The van der Waals surface area contributed by atoms with Crippen molar-refractivity contribution in [3.8, 4) is 5.75 Å². The van der Waals surface area contributed by atoms with Gasteiger partial charge in [-0.05, 0) is 30.0 Å². The minimum atomic E-state index is -1.97. The Morgan fingerprint density at radius 1 is 0.978 bits per heavy atom. The van der Waals surface area contributed by atoms with E-state index in [1.807, 2.05) is 0 Å². The summed E-state index contributed by atoms with van der Waals surface area (Å²) in [6, 6.07) is 6.46. The zero-order chi connectivity index (χ0) is 33.7. The third-order valence-electron chi connectivity index (χ3n) is 8.88. The molecule has 260 valence electrons. The molecule has 0 spiro atoms. The van der Waals surface area contributed by atoms with Crippen molar-refractivity contribution >= 4 is 5.97 Å². The molecule has 46 heavy (non-hydrogen) atoms. The molecule has 0 radical (unpaired) electrons. The third-order valence-corrected chi connectivity index (χ3v) is 8.88. The number of benzene rings is 1. The molecular formula is C30H44O16. The topological polar surface area (TPSA) is 266 Å². The van der Waals surface area contributed by atoms with Gasteiger partial charge >= 0.3 is 5.97 Å². The summed E-state index contributed by atoms with van der Waals surface area (Å²) in [5.74, 6) is -2.02. The van der Waals surface area contributed by atoms with E-state index in [0.29, 0.717) is 6.42 Å². The lowest BCUT2D eigenvalue weighted by atomic mass is 9.83. The minimum Gasteiger partial charge on any atom is -0.508 e. The van der Waals surface area contributed by atoms with Gasteiger partial charge in [-0.15, -0.1) is 0 Å². The first-order valence-corrected chi connectivity index (χ1v) is 15.1. The predicted octanol–water partition coefficient (Wildman–Crippen LogP) is -3.37. The van der Waals surface area contributed by atoms with Gasteiger partial charge in [0.15, 0.2) is 6.29 Å². The molecule has 1 aromatic carbocycles. The summed E-state index contributed by atoms with van der Waals surface area (Å²) in [6.07, 6.45) is -16.0. The largest absolute Gasteiger partial charge is 0.508 e. The number of fused-ring (bicyclic) bond motifs is 1. The number of carbonyl (C=O) groups excluding carboxylic acids is 1. The molecule has 0 bridgehead atoms. The van der Waals surface area contributed by atoms with Crippen molar-refractivity contribution in [2.24, 2.45) is 17.8 Å². The molecule has 14 atom stereocenters. The third kappa shape index (κ3) is 8.15. The molecule has 16 heteroatoms. The first kappa shape index (κ1) is 36.4. The molecule has 2 aliphatic heterocycles. The Bertz CT molecular complexity index is 1150. The van der Waals surface area contributed by atoms with Gasteiger partial charge in [-0.1, -0.05) is 19.1 Å². The summed E-state index contributed by atoms with van der Waals surface area (Å²) in [5, 5.41) is 101. The van der Waals surface area contributed by atoms with Gasteiger partial charge in [-0.3, -0.25) is 0 Å². The molecule has 2 fully saturated rings. The van der Waals surface area contributed by atoms with Crippen molar-refractivity contribution in [3.63, 3.8) is 0 Å². The van der Waals surface area contributed by atoms with E-state index < -0.39 is 111 Å². The van der Waals surface area contributed by atoms with E-state index in [2.05, 4.69) is 0 Å². The molecule has 1 aromatic rings. The highest BCUT2D eigenvalue weighted by Crippen LogP contribution is 2.47. The predicted molar refractivity (Wildman–Crippen MR) is 152 cm³/mol. The number of phenolic OH excluding ortho intramolecular Hbond substituents is 1. The Kier molecular flexibility index (Phi) is 12.7. The molecule has 16 nitrogen and oxygen atoms in total. The van der Waals surface area contributed by atoms with E-state index in [0.717, 1.165) is 5.56 Å². The Labute approximate surface area is 264 Å². The Balaban J connectivity index is 1.42. The standard InChI is InChI=1S/C30H44O16/c1-13-18(34)8-16-17(28(41)42-7-6-14-2-4-15(33)5-3-14)11-43-29(22(13)16)44-12-20(36)27(23(37)19(35)9-31)46-30-26(40)25(39)24(38)21(10-32)45-30/h2-5,11,13,16,18-27,29-40H,6-10,12H2,1H3/t13-,16+,18?,19+,20+,21+,22+,23+,24+,25-,26+,27-,29-,30-/m0/s1. The number of aliphatic hydroxyl groups is 9. The van der Waals surface area contributed by atoms with Gasteiger partial charge < -0.3 is 74.7 Å². The molecule has 3 aliphatic rings. The highest BCUT2D eigenvalue weighted by Gasteiger charge is 2.52. The fourth-order valence-electron chi connectivity index (χ4n) is 6.05. The van der Waals surface area contributed by atoms with Gasteiger partial charge in [-0.2, -0.15) is 0 Å². The van der Waals surface area contributed by atoms with Gasteiger partial charge in [0, 0.05) is 18.3 Å². The van der Waals surface area contributed by atoms with Crippen LogP contribution < -0.4 is 0 Å². The molecule has 10 N–H and O–H groups in total. The lowest BCUT2D eigenvalue weighted by Crippen LogP contribution is -2.61. The van der Waals surface area contributed by atoms with E-state index in [1.54, 1.807) is 19.1 Å². The highest BCUT2D eigenvalue weighted by atomic mass is 16.7. The monoisotopic (exact) mass is 660 g/mol. The maximum atomic E-state index is 13.0. The van der Waals surface area contributed by atoms with Crippen LogP contribution in [0.1, 0.15) is 18.9 Å². The Morgan fingerprint density at radius 2 is 1.67 bits per heavy atom. The smallest absolute Gasteiger partial charge is 0.337 e. The summed E-state index contributed by atoms with van der Waals surface area (Å²) in [6.45, 7) is -0.519. The van der Waals surface area contributed by atoms with Crippen LogP contribution in [0.5, 0.6) is 5.75 Å². The second-order valence-electron chi connectivity index (χ2n) is 11.9. The van der Waals surface area contributed by atoms with Crippen LogP contribution in [0.25, 0.3) is 0 Å². The van der Waals surface area contributed by atoms with Gasteiger partial charge in [0.05, 0.1) is 44.4 Å². The van der Waals surface area contributed by atoms with E-state index in [1.165, 1.54) is 18.4 Å². The first-order valence-electron chi connectivity index (χ1n) is 15.1. The lowest BCUT2D eigenvalue weighted by molar-refractivity contribution is -0.329. The van der Waals surface area contributed by atoms with E-state index in [9.17, 15) is 55.9 Å². The van der Waals surface area contributed by atoms with Crippen molar-refractivity contribution < 1.29 is 79.5 Å². The van der Waals surface area contributed by atoms with Gasteiger partial charge in [0.1, 0.15) is 54.6 Å². The number of carbonyl (C=O) groups is 1. The van der Waals surface area contributed by atoms with Gasteiger partial charge in [0.2, 0.25) is 6.29 Å². The summed E-state index contributed by atoms with van der Waals surface area (Å²) >= 11 is 0.